The smallest absolute Gasteiger partial charge is 0.126 e. The minimum atomic E-state index is -0.111. The van der Waals surface area contributed by atoms with Gasteiger partial charge >= 0.3 is 0 Å². The van der Waals surface area contributed by atoms with E-state index >= 15 is 0 Å². The summed E-state index contributed by atoms with van der Waals surface area (Å²) < 4.78 is 13.1. The Kier molecular flexibility index (Phi) is 4.60. The zero-order valence-corrected chi connectivity index (χ0v) is 8.94. The highest BCUT2D eigenvalue weighted by Gasteiger charge is 1.98. The van der Waals surface area contributed by atoms with Crippen molar-refractivity contribution in [3.63, 3.8) is 0 Å². The molecule has 1 rings (SSSR count). The number of nitrogens with one attached hydrogen (secondary N) is 1. The molecule has 14 heavy (non-hydrogen) atoms. The molecule has 0 atom stereocenters. The Morgan fingerprint density at radius 1 is 1.36 bits per heavy atom. The van der Waals surface area contributed by atoms with Gasteiger partial charge in [0.25, 0.3) is 0 Å². The summed E-state index contributed by atoms with van der Waals surface area (Å²) in [6.07, 6.45) is 2.36. The number of benzene rings is 1. The molecule has 1 N–H and O–H groups in total. The highest BCUT2D eigenvalue weighted by atomic mass is 19.1. The van der Waals surface area contributed by atoms with Gasteiger partial charge < -0.3 is 5.32 Å². The van der Waals surface area contributed by atoms with Crippen LogP contribution in [0, 0.1) is 12.7 Å². The minimum Gasteiger partial charge on any atom is -0.313 e. The number of halogens is 1. The number of unbranched alkanes of at least 4 members (excludes halogenated alkanes) is 1. The van der Waals surface area contributed by atoms with Gasteiger partial charge in [0.05, 0.1) is 0 Å². The second-order valence-corrected chi connectivity index (χ2v) is 3.61. The van der Waals surface area contributed by atoms with Gasteiger partial charge in [-0.1, -0.05) is 25.5 Å². The van der Waals surface area contributed by atoms with Crippen molar-refractivity contribution in [1.29, 1.82) is 0 Å². The van der Waals surface area contributed by atoms with Crippen LogP contribution in [-0.2, 0) is 6.54 Å². The number of aryl methyl sites for hydroxylation is 1. The van der Waals surface area contributed by atoms with Crippen LogP contribution in [-0.4, -0.2) is 6.54 Å². The molecular weight excluding hydrogens is 177 g/mol. The van der Waals surface area contributed by atoms with Crippen molar-refractivity contribution < 1.29 is 4.39 Å². The van der Waals surface area contributed by atoms with E-state index in [1.165, 1.54) is 12.8 Å². The zero-order chi connectivity index (χ0) is 10.4. The lowest BCUT2D eigenvalue weighted by Gasteiger charge is -2.05. The highest BCUT2D eigenvalue weighted by molar-refractivity contribution is 5.23. The first-order chi connectivity index (χ1) is 6.74. The van der Waals surface area contributed by atoms with Crippen molar-refractivity contribution in [2.24, 2.45) is 0 Å². The first-order valence-corrected chi connectivity index (χ1v) is 5.19. The number of hydrogen-bond donors (Lipinski definition) is 1. The molecule has 0 aliphatic heterocycles. The van der Waals surface area contributed by atoms with Gasteiger partial charge in [0.15, 0.2) is 0 Å². The molecule has 1 aromatic rings. The lowest BCUT2D eigenvalue weighted by Crippen LogP contribution is -2.14. The fraction of sp³-hybridized carbons (Fsp3) is 0.500. The molecule has 0 aliphatic carbocycles. The third kappa shape index (κ3) is 3.46. The molecule has 0 radical (unpaired) electrons. The monoisotopic (exact) mass is 195 g/mol. The van der Waals surface area contributed by atoms with Crippen LogP contribution >= 0.6 is 0 Å². The van der Waals surface area contributed by atoms with Gasteiger partial charge in [-0.15, -0.1) is 0 Å². The summed E-state index contributed by atoms with van der Waals surface area (Å²) in [4.78, 5) is 0. The van der Waals surface area contributed by atoms with E-state index in [2.05, 4.69) is 12.2 Å². The Labute approximate surface area is 85.3 Å². The summed E-state index contributed by atoms with van der Waals surface area (Å²) in [5, 5.41) is 3.28. The molecule has 0 saturated carbocycles. The Morgan fingerprint density at radius 3 is 2.79 bits per heavy atom. The van der Waals surface area contributed by atoms with Crippen LogP contribution in [0.3, 0.4) is 0 Å². The van der Waals surface area contributed by atoms with Gasteiger partial charge in [0.2, 0.25) is 0 Å². The summed E-state index contributed by atoms with van der Waals surface area (Å²) in [6.45, 7) is 5.71. The molecule has 0 spiro atoms. The van der Waals surface area contributed by atoms with Gasteiger partial charge in [0.1, 0.15) is 5.82 Å². The van der Waals surface area contributed by atoms with Crippen LogP contribution in [0.1, 0.15) is 30.9 Å². The van der Waals surface area contributed by atoms with E-state index in [-0.39, 0.29) is 5.82 Å². The van der Waals surface area contributed by atoms with E-state index in [4.69, 9.17) is 0 Å². The maximum atomic E-state index is 13.1. The molecule has 78 valence electrons. The molecule has 0 heterocycles. The van der Waals surface area contributed by atoms with Crippen LogP contribution in [0.5, 0.6) is 0 Å². The average molecular weight is 195 g/mol. The summed E-state index contributed by atoms with van der Waals surface area (Å²) >= 11 is 0. The second kappa shape index (κ2) is 5.76. The maximum absolute atomic E-state index is 13.1. The predicted molar refractivity (Wildman–Crippen MR) is 57.8 cm³/mol. The van der Waals surface area contributed by atoms with Gasteiger partial charge in [-0.2, -0.15) is 0 Å². The predicted octanol–water partition coefficient (Wildman–Crippen LogP) is 3.02. The van der Waals surface area contributed by atoms with Gasteiger partial charge in [-0.05, 0) is 37.1 Å². The standard InChI is InChI=1S/C12H18FN/c1-3-4-7-14-9-11-6-5-10(2)12(13)8-11/h5-6,8,14H,3-4,7,9H2,1-2H3. The van der Waals surface area contributed by atoms with Crippen molar-refractivity contribution in [2.45, 2.75) is 33.2 Å². The van der Waals surface area contributed by atoms with Crippen LogP contribution in [0.25, 0.3) is 0 Å². The summed E-state index contributed by atoms with van der Waals surface area (Å²) in [5.74, 6) is -0.111. The Morgan fingerprint density at radius 2 is 2.14 bits per heavy atom. The Balaban J connectivity index is 2.39. The van der Waals surface area contributed by atoms with Gasteiger partial charge in [-0.25, -0.2) is 4.39 Å². The third-order valence-corrected chi connectivity index (χ3v) is 2.27. The molecule has 0 amide bonds. The molecule has 0 aromatic heterocycles. The van der Waals surface area contributed by atoms with E-state index in [0.29, 0.717) is 5.56 Å². The lowest BCUT2D eigenvalue weighted by molar-refractivity contribution is 0.607. The van der Waals surface area contributed by atoms with E-state index in [1.54, 1.807) is 13.0 Å². The van der Waals surface area contributed by atoms with Crippen molar-refractivity contribution in [3.05, 3.63) is 35.1 Å². The largest absolute Gasteiger partial charge is 0.313 e. The van der Waals surface area contributed by atoms with Crippen LogP contribution in [0.4, 0.5) is 4.39 Å². The minimum absolute atomic E-state index is 0.111. The average Bonchev–Trinajstić information content (AvgIpc) is 2.18. The molecule has 2 heteroatoms. The van der Waals surface area contributed by atoms with E-state index in [1.807, 2.05) is 12.1 Å². The quantitative estimate of drug-likeness (QED) is 0.712. The van der Waals surface area contributed by atoms with Gasteiger partial charge in [0, 0.05) is 6.54 Å². The van der Waals surface area contributed by atoms with Gasteiger partial charge in [-0.3, -0.25) is 0 Å². The summed E-state index contributed by atoms with van der Waals surface area (Å²) in [5.41, 5.74) is 1.73. The Hall–Kier alpha value is -0.890. The molecule has 1 nitrogen and oxygen atoms in total. The number of hydrogen-bond acceptors (Lipinski definition) is 1. The van der Waals surface area contributed by atoms with E-state index in [0.717, 1.165) is 18.7 Å². The summed E-state index contributed by atoms with van der Waals surface area (Å²) in [7, 11) is 0. The molecule has 0 saturated heterocycles. The number of rotatable bonds is 5. The fourth-order valence-electron chi connectivity index (χ4n) is 1.28. The summed E-state index contributed by atoms with van der Waals surface area (Å²) in [6, 6.07) is 5.40. The molecule has 0 unspecified atom stereocenters. The zero-order valence-electron chi connectivity index (χ0n) is 8.94. The SMILES string of the molecule is CCCCNCc1ccc(C)c(F)c1. The topological polar surface area (TPSA) is 12.0 Å². The van der Waals surface area contributed by atoms with Crippen molar-refractivity contribution in [2.75, 3.05) is 6.54 Å². The first kappa shape index (κ1) is 11.2. The van der Waals surface area contributed by atoms with Crippen LogP contribution in [0.15, 0.2) is 18.2 Å². The Bertz CT molecular complexity index is 284. The molecule has 0 aliphatic rings. The second-order valence-electron chi connectivity index (χ2n) is 3.61. The van der Waals surface area contributed by atoms with E-state index in [9.17, 15) is 4.39 Å². The third-order valence-electron chi connectivity index (χ3n) is 2.27. The van der Waals surface area contributed by atoms with Crippen LogP contribution in [0.2, 0.25) is 0 Å². The molecule has 0 fully saturated rings. The van der Waals surface area contributed by atoms with Crippen molar-refractivity contribution >= 4 is 0 Å². The van der Waals surface area contributed by atoms with E-state index < -0.39 is 0 Å². The maximum Gasteiger partial charge on any atom is 0.126 e. The first-order valence-electron chi connectivity index (χ1n) is 5.19. The molecular formula is C12H18FN. The van der Waals surface area contributed by atoms with Crippen molar-refractivity contribution in [3.8, 4) is 0 Å². The normalized spacial score (nSPS) is 10.5. The molecule has 1 aromatic carbocycles. The van der Waals surface area contributed by atoms with Crippen molar-refractivity contribution in [1.82, 2.24) is 5.32 Å². The fourth-order valence-corrected chi connectivity index (χ4v) is 1.28. The van der Waals surface area contributed by atoms with Crippen LogP contribution < -0.4 is 5.32 Å². The molecule has 0 bridgehead atoms. The lowest BCUT2D eigenvalue weighted by atomic mass is 10.1. The highest BCUT2D eigenvalue weighted by Crippen LogP contribution is 2.08.